The van der Waals surface area contributed by atoms with Crippen LogP contribution in [0.25, 0.3) is 0 Å². The SMILES string of the molecule is Cn1c(COc2ccccc2Cl)nnc1SCC(=O)NC(=O)NCCC1=CCCCC1. The van der Waals surface area contributed by atoms with Crippen LogP contribution in [0.5, 0.6) is 5.75 Å². The first-order valence-corrected chi connectivity index (χ1v) is 11.5. The summed E-state index contributed by atoms with van der Waals surface area (Å²) in [5, 5.41) is 14.3. The van der Waals surface area contributed by atoms with Gasteiger partial charge in [0.05, 0.1) is 10.8 Å². The molecule has 3 amide bonds. The summed E-state index contributed by atoms with van der Waals surface area (Å²) >= 11 is 7.28. The lowest BCUT2D eigenvalue weighted by molar-refractivity contribution is -0.117. The Morgan fingerprint density at radius 3 is 2.87 bits per heavy atom. The average molecular weight is 464 g/mol. The highest BCUT2D eigenvalue weighted by molar-refractivity contribution is 7.99. The number of hydrogen-bond acceptors (Lipinski definition) is 6. The van der Waals surface area contributed by atoms with E-state index in [1.54, 1.807) is 23.7 Å². The minimum Gasteiger partial charge on any atom is -0.484 e. The number of amides is 3. The molecule has 31 heavy (non-hydrogen) atoms. The third-order valence-corrected chi connectivity index (χ3v) is 6.15. The molecule has 2 aromatic rings. The van der Waals surface area contributed by atoms with E-state index in [2.05, 4.69) is 26.9 Å². The Kier molecular flexibility index (Phi) is 8.78. The van der Waals surface area contributed by atoms with Crippen LogP contribution >= 0.6 is 23.4 Å². The summed E-state index contributed by atoms with van der Waals surface area (Å²) in [7, 11) is 1.79. The van der Waals surface area contributed by atoms with E-state index in [1.807, 2.05) is 12.1 Å². The number of rotatable bonds is 9. The highest BCUT2D eigenvalue weighted by Gasteiger charge is 2.14. The lowest BCUT2D eigenvalue weighted by atomic mass is 9.97. The molecule has 0 radical (unpaired) electrons. The number of carbonyl (C=O) groups is 2. The van der Waals surface area contributed by atoms with E-state index >= 15 is 0 Å². The quantitative estimate of drug-likeness (QED) is 0.433. The van der Waals surface area contributed by atoms with Crippen LogP contribution in [0.2, 0.25) is 5.02 Å². The summed E-state index contributed by atoms with van der Waals surface area (Å²) < 4.78 is 7.42. The summed E-state index contributed by atoms with van der Waals surface area (Å²) in [4.78, 5) is 23.9. The van der Waals surface area contributed by atoms with Crippen molar-refractivity contribution in [1.29, 1.82) is 0 Å². The second-order valence-corrected chi connectivity index (χ2v) is 8.48. The highest BCUT2D eigenvalue weighted by Crippen LogP contribution is 2.24. The first-order valence-electron chi connectivity index (χ1n) is 10.2. The Bertz CT molecular complexity index is 947. The topological polar surface area (TPSA) is 98.1 Å². The number of thioether (sulfide) groups is 1. The van der Waals surface area contributed by atoms with Gasteiger partial charge in [0.1, 0.15) is 12.4 Å². The van der Waals surface area contributed by atoms with Crippen molar-refractivity contribution in [2.24, 2.45) is 7.05 Å². The Labute approximate surface area is 190 Å². The van der Waals surface area contributed by atoms with E-state index in [0.29, 0.717) is 28.3 Å². The van der Waals surface area contributed by atoms with Crippen LogP contribution in [-0.2, 0) is 18.4 Å². The van der Waals surface area contributed by atoms with Gasteiger partial charge in [-0.1, -0.05) is 47.1 Å². The van der Waals surface area contributed by atoms with Gasteiger partial charge in [0.2, 0.25) is 5.91 Å². The number of benzene rings is 1. The number of nitrogens with zero attached hydrogens (tertiary/aromatic N) is 3. The van der Waals surface area contributed by atoms with Crippen molar-refractivity contribution >= 4 is 35.3 Å². The molecule has 0 fully saturated rings. The lowest BCUT2D eigenvalue weighted by Gasteiger charge is -2.13. The molecule has 0 saturated carbocycles. The van der Waals surface area contributed by atoms with Crippen molar-refractivity contribution in [3.05, 3.63) is 46.8 Å². The number of imide groups is 1. The minimum absolute atomic E-state index is 0.0515. The van der Waals surface area contributed by atoms with Gasteiger partial charge in [-0.25, -0.2) is 4.79 Å². The number of halogens is 1. The molecule has 8 nitrogen and oxygen atoms in total. The Morgan fingerprint density at radius 1 is 1.26 bits per heavy atom. The highest BCUT2D eigenvalue weighted by atomic mass is 35.5. The van der Waals surface area contributed by atoms with E-state index < -0.39 is 11.9 Å². The average Bonchev–Trinajstić information content (AvgIpc) is 3.12. The van der Waals surface area contributed by atoms with Gasteiger partial charge in [-0.15, -0.1) is 10.2 Å². The van der Waals surface area contributed by atoms with Gasteiger partial charge in [-0.3, -0.25) is 10.1 Å². The number of allylic oxidation sites excluding steroid dienone is 1. The molecular weight excluding hydrogens is 438 g/mol. The van der Waals surface area contributed by atoms with Gasteiger partial charge >= 0.3 is 6.03 Å². The number of nitrogens with one attached hydrogen (secondary N) is 2. The van der Waals surface area contributed by atoms with E-state index in [0.717, 1.165) is 19.3 Å². The second-order valence-electron chi connectivity index (χ2n) is 7.13. The minimum atomic E-state index is -0.478. The molecule has 2 N–H and O–H groups in total. The van der Waals surface area contributed by atoms with E-state index in [-0.39, 0.29) is 12.4 Å². The van der Waals surface area contributed by atoms with Crippen LogP contribution in [0, 0.1) is 0 Å². The summed E-state index contributed by atoms with van der Waals surface area (Å²) in [6.07, 6.45) is 7.75. The van der Waals surface area contributed by atoms with Crippen molar-refractivity contribution < 1.29 is 14.3 Å². The fourth-order valence-electron chi connectivity index (χ4n) is 3.11. The molecule has 0 saturated heterocycles. The third-order valence-electron chi connectivity index (χ3n) is 4.82. The molecule has 1 aromatic heterocycles. The molecule has 1 aliphatic carbocycles. The molecule has 0 atom stereocenters. The first-order chi connectivity index (χ1) is 15.0. The largest absolute Gasteiger partial charge is 0.484 e. The van der Waals surface area contributed by atoms with Gasteiger partial charge in [0, 0.05) is 13.6 Å². The maximum atomic E-state index is 12.1. The molecular formula is C21H26ClN5O3S. The van der Waals surface area contributed by atoms with Gasteiger partial charge in [0.25, 0.3) is 0 Å². The molecule has 3 rings (SSSR count). The van der Waals surface area contributed by atoms with E-state index in [9.17, 15) is 9.59 Å². The smallest absolute Gasteiger partial charge is 0.321 e. The zero-order valence-electron chi connectivity index (χ0n) is 17.4. The Hall–Kier alpha value is -2.52. The van der Waals surface area contributed by atoms with Crippen molar-refractivity contribution in [3.8, 4) is 5.75 Å². The summed E-state index contributed by atoms with van der Waals surface area (Å²) in [6.45, 7) is 0.717. The number of urea groups is 1. The monoisotopic (exact) mass is 463 g/mol. The Morgan fingerprint density at radius 2 is 2.10 bits per heavy atom. The summed E-state index contributed by atoms with van der Waals surface area (Å²) in [5.41, 5.74) is 1.38. The molecule has 0 spiro atoms. The van der Waals surface area contributed by atoms with Gasteiger partial charge in [0.15, 0.2) is 11.0 Å². The summed E-state index contributed by atoms with van der Waals surface area (Å²) in [5.74, 6) is 0.816. The van der Waals surface area contributed by atoms with E-state index in [4.69, 9.17) is 16.3 Å². The van der Waals surface area contributed by atoms with Gasteiger partial charge in [-0.05, 0) is 44.2 Å². The number of hydrogen-bond donors (Lipinski definition) is 2. The van der Waals surface area contributed by atoms with Gasteiger partial charge < -0.3 is 14.6 Å². The number of para-hydroxylation sites is 1. The van der Waals surface area contributed by atoms with Crippen molar-refractivity contribution in [1.82, 2.24) is 25.4 Å². The predicted octanol–water partition coefficient (Wildman–Crippen LogP) is 3.86. The predicted molar refractivity (Wildman–Crippen MR) is 120 cm³/mol. The molecule has 166 valence electrons. The number of carbonyl (C=O) groups excluding carboxylic acids is 2. The zero-order chi connectivity index (χ0) is 22.1. The summed E-state index contributed by atoms with van der Waals surface area (Å²) in [6, 6.07) is 6.70. The van der Waals surface area contributed by atoms with Crippen LogP contribution in [0.3, 0.4) is 0 Å². The number of aromatic nitrogens is 3. The number of ether oxygens (including phenoxy) is 1. The lowest BCUT2D eigenvalue weighted by Crippen LogP contribution is -2.40. The maximum absolute atomic E-state index is 12.1. The maximum Gasteiger partial charge on any atom is 0.321 e. The zero-order valence-corrected chi connectivity index (χ0v) is 19.0. The van der Waals surface area contributed by atoms with Crippen molar-refractivity contribution in [2.45, 2.75) is 43.9 Å². The standard InChI is InChI=1S/C21H26ClN5O3S/c1-27-18(13-30-17-10-6-5-9-16(17)22)25-26-21(27)31-14-19(28)24-20(29)23-12-11-15-7-3-2-4-8-15/h5-7,9-10H,2-4,8,11-14H2,1H3,(H2,23,24,28,29). The van der Waals surface area contributed by atoms with Gasteiger partial charge in [-0.2, -0.15) is 0 Å². The van der Waals surface area contributed by atoms with Crippen LogP contribution in [0.1, 0.15) is 37.9 Å². The molecule has 0 aliphatic heterocycles. The van der Waals surface area contributed by atoms with Crippen LogP contribution in [0.15, 0.2) is 41.1 Å². The first kappa shape index (κ1) is 23.1. The molecule has 1 heterocycles. The van der Waals surface area contributed by atoms with Crippen LogP contribution < -0.4 is 15.4 Å². The molecule has 0 bridgehead atoms. The molecule has 1 aromatic carbocycles. The molecule has 0 unspecified atom stereocenters. The fourth-order valence-corrected chi connectivity index (χ4v) is 4.03. The van der Waals surface area contributed by atoms with E-state index in [1.165, 1.54) is 30.2 Å². The fraction of sp³-hybridized carbons (Fsp3) is 0.429. The molecule has 1 aliphatic rings. The normalized spacial score (nSPS) is 13.4. The Balaban J connectivity index is 1.38. The molecule has 10 heteroatoms. The third kappa shape index (κ3) is 7.29. The van der Waals surface area contributed by atoms with Crippen LogP contribution in [-0.4, -0.2) is 39.0 Å². The van der Waals surface area contributed by atoms with Crippen molar-refractivity contribution in [3.63, 3.8) is 0 Å². The van der Waals surface area contributed by atoms with Crippen LogP contribution in [0.4, 0.5) is 4.79 Å². The second kappa shape index (κ2) is 11.8. The van der Waals surface area contributed by atoms with Crippen molar-refractivity contribution in [2.75, 3.05) is 12.3 Å².